The van der Waals surface area contributed by atoms with Crippen molar-refractivity contribution < 1.29 is 18.8 Å². The van der Waals surface area contributed by atoms with Crippen LogP contribution in [0, 0.1) is 5.41 Å². The van der Waals surface area contributed by atoms with Gasteiger partial charge in [-0.15, -0.1) is 0 Å². The molecule has 1 aromatic carbocycles. The topological polar surface area (TPSA) is 88.8 Å². The third-order valence-electron chi connectivity index (χ3n) is 6.97. The third kappa shape index (κ3) is 6.97. The summed E-state index contributed by atoms with van der Waals surface area (Å²) in [6.45, 7) is 5.13. The van der Waals surface area contributed by atoms with Gasteiger partial charge >= 0.3 is 0 Å². The predicted octanol–water partition coefficient (Wildman–Crippen LogP) is 4.31. The van der Waals surface area contributed by atoms with Crippen LogP contribution in [0.2, 0.25) is 5.02 Å². The first-order valence-corrected chi connectivity index (χ1v) is 13.1. The Hall–Kier alpha value is -2.61. The first kappa shape index (κ1) is 25.5. The van der Waals surface area contributed by atoms with Crippen LogP contribution in [0.5, 0.6) is 5.75 Å². The Morgan fingerprint density at radius 2 is 1.91 bits per heavy atom. The van der Waals surface area contributed by atoms with E-state index in [1.807, 2.05) is 28.9 Å². The highest BCUT2D eigenvalue weighted by molar-refractivity contribution is 6.30. The second-order valence-corrected chi connectivity index (χ2v) is 10.2. The number of benzene rings is 1. The summed E-state index contributed by atoms with van der Waals surface area (Å²) in [5.41, 5.74) is -0.440. The average molecular weight is 503 g/mol. The van der Waals surface area contributed by atoms with Gasteiger partial charge in [-0.1, -0.05) is 29.7 Å². The molecular weight excluding hydrogens is 468 g/mol. The minimum absolute atomic E-state index is 0.0403. The first-order valence-electron chi connectivity index (χ1n) is 12.7. The largest absolute Gasteiger partial charge is 0.493 e. The molecule has 2 aliphatic heterocycles. The maximum atomic E-state index is 13.3. The molecule has 1 aromatic heterocycles. The lowest BCUT2D eigenvalue weighted by molar-refractivity contribution is -0.142. The monoisotopic (exact) mass is 502 g/mol. The number of piperidine rings is 2. The zero-order chi connectivity index (χ0) is 24.7. The van der Waals surface area contributed by atoms with Gasteiger partial charge in [0.25, 0.3) is 0 Å². The van der Waals surface area contributed by atoms with Gasteiger partial charge in [0.15, 0.2) is 5.82 Å². The van der Waals surface area contributed by atoms with E-state index in [-0.39, 0.29) is 11.8 Å². The molecular formula is C26H35ClN4O4. The molecule has 190 valence electrons. The molecule has 0 bridgehead atoms. The van der Waals surface area contributed by atoms with Crippen molar-refractivity contribution in [3.05, 3.63) is 41.0 Å². The molecule has 0 aliphatic carbocycles. The minimum atomic E-state index is -0.440. The van der Waals surface area contributed by atoms with Gasteiger partial charge in [0.1, 0.15) is 5.75 Å². The zero-order valence-corrected chi connectivity index (χ0v) is 21.3. The number of aryl methyl sites for hydroxylation is 2. The molecule has 3 heterocycles. The van der Waals surface area contributed by atoms with Crippen molar-refractivity contribution in [2.24, 2.45) is 5.41 Å². The molecule has 8 nitrogen and oxygen atoms in total. The standard InChI is InChI=1S/C26H35ClN4O4/c1-2-22-28-23(35-29-22)10-11-24(32)31-15-7-12-26(18-31,17-25(33)30-13-4-3-5-14-30)19-34-21-9-6-8-20(27)16-21/h6,8-9,16H,2-5,7,10-15,17-19H2,1H3. The molecule has 4 rings (SSSR count). The number of aromatic nitrogens is 2. The molecule has 0 spiro atoms. The Kier molecular flexibility index (Phi) is 8.65. The van der Waals surface area contributed by atoms with Crippen molar-refractivity contribution in [3.63, 3.8) is 0 Å². The molecule has 0 radical (unpaired) electrons. The van der Waals surface area contributed by atoms with Crippen molar-refractivity contribution >= 4 is 23.4 Å². The van der Waals surface area contributed by atoms with E-state index in [0.29, 0.717) is 67.9 Å². The number of amides is 2. The van der Waals surface area contributed by atoms with E-state index in [2.05, 4.69) is 10.1 Å². The number of nitrogens with zero attached hydrogens (tertiary/aromatic N) is 4. The summed E-state index contributed by atoms with van der Waals surface area (Å²) >= 11 is 6.14. The van der Waals surface area contributed by atoms with Crippen LogP contribution in [0.3, 0.4) is 0 Å². The molecule has 2 saturated heterocycles. The quantitative estimate of drug-likeness (QED) is 0.507. The number of likely N-dealkylation sites (tertiary alicyclic amines) is 2. The molecule has 2 aromatic rings. The van der Waals surface area contributed by atoms with E-state index in [0.717, 1.165) is 38.8 Å². The van der Waals surface area contributed by atoms with Crippen molar-refractivity contribution in [1.82, 2.24) is 19.9 Å². The second kappa shape index (κ2) is 11.9. The van der Waals surface area contributed by atoms with E-state index < -0.39 is 5.41 Å². The number of carbonyl (C=O) groups is 2. The summed E-state index contributed by atoms with van der Waals surface area (Å²) in [6, 6.07) is 7.30. The average Bonchev–Trinajstić information content (AvgIpc) is 3.35. The molecule has 0 saturated carbocycles. The van der Waals surface area contributed by atoms with Gasteiger partial charge in [-0.05, 0) is 50.3 Å². The maximum Gasteiger partial charge on any atom is 0.227 e. The van der Waals surface area contributed by atoms with Gasteiger partial charge in [-0.2, -0.15) is 4.98 Å². The van der Waals surface area contributed by atoms with Crippen LogP contribution in [-0.2, 0) is 22.4 Å². The van der Waals surface area contributed by atoms with Crippen molar-refractivity contribution in [2.45, 2.75) is 64.7 Å². The lowest BCUT2D eigenvalue weighted by atomic mass is 9.77. The van der Waals surface area contributed by atoms with Crippen LogP contribution < -0.4 is 4.74 Å². The van der Waals surface area contributed by atoms with E-state index in [4.69, 9.17) is 20.9 Å². The Morgan fingerprint density at radius 3 is 2.66 bits per heavy atom. The lowest BCUT2D eigenvalue weighted by Gasteiger charge is -2.43. The SMILES string of the molecule is CCc1noc(CCC(=O)N2CCCC(COc3cccc(Cl)c3)(CC(=O)N3CCCCC3)C2)n1. The third-order valence-corrected chi connectivity index (χ3v) is 7.20. The normalized spacial score (nSPS) is 20.6. The highest BCUT2D eigenvalue weighted by atomic mass is 35.5. The van der Waals surface area contributed by atoms with Gasteiger partial charge in [0.05, 0.1) is 6.61 Å². The summed E-state index contributed by atoms with van der Waals surface area (Å²) in [6.07, 6.45) is 6.74. The van der Waals surface area contributed by atoms with E-state index in [1.165, 1.54) is 6.42 Å². The number of halogens is 1. The molecule has 9 heteroatoms. The summed E-state index contributed by atoms with van der Waals surface area (Å²) in [7, 11) is 0. The second-order valence-electron chi connectivity index (χ2n) is 9.74. The van der Waals surface area contributed by atoms with Crippen LogP contribution in [-0.4, -0.2) is 64.5 Å². The number of hydrogen-bond donors (Lipinski definition) is 0. The van der Waals surface area contributed by atoms with Gasteiger partial charge in [-0.3, -0.25) is 9.59 Å². The molecule has 2 fully saturated rings. The molecule has 0 N–H and O–H groups in total. The molecule has 1 atom stereocenters. The fourth-order valence-electron chi connectivity index (χ4n) is 5.01. The van der Waals surface area contributed by atoms with Crippen molar-refractivity contribution in [2.75, 3.05) is 32.8 Å². The Labute approximate surface area is 211 Å². The van der Waals surface area contributed by atoms with Gasteiger partial charge in [0.2, 0.25) is 17.7 Å². The van der Waals surface area contributed by atoms with Crippen LogP contribution in [0.15, 0.2) is 28.8 Å². The molecule has 1 unspecified atom stereocenters. The van der Waals surface area contributed by atoms with Gasteiger partial charge in [0, 0.05) is 62.3 Å². The number of ether oxygens (including phenoxy) is 1. The van der Waals surface area contributed by atoms with Crippen LogP contribution in [0.4, 0.5) is 0 Å². The summed E-state index contributed by atoms with van der Waals surface area (Å²) in [5.74, 6) is 2.01. The Morgan fingerprint density at radius 1 is 1.11 bits per heavy atom. The number of hydrogen-bond acceptors (Lipinski definition) is 6. The van der Waals surface area contributed by atoms with Crippen LogP contribution in [0.25, 0.3) is 0 Å². The molecule has 35 heavy (non-hydrogen) atoms. The fraction of sp³-hybridized carbons (Fsp3) is 0.615. The van der Waals surface area contributed by atoms with Crippen molar-refractivity contribution in [1.29, 1.82) is 0 Å². The van der Waals surface area contributed by atoms with Gasteiger partial charge < -0.3 is 19.1 Å². The molecule has 2 aliphatic rings. The van der Waals surface area contributed by atoms with Gasteiger partial charge in [-0.25, -0.2) is 0 Å². The Balaban J connectivity index is 1.44. The Bertz CT molecular complexity index is 1010. The first-order chi connectivity index (χ1) is 17.0. The zero-order valence-electron chi connectivity index (χ0n) is 20.5. The predicted molar refractivity (Wildman–Crippen MR) is 132 cm³/mol. The van der Waals surface area contributed by atoms with E-state index in [9.17, 15) is 9.59 Å². The number of rotatable bonds is 9. The van der Waals surface area contributed by atoms with Crippen molar-refractivity contribution in [3.8, 4) is 5.75 Å². The maximum absolute atomic E-state index is 13.3. The van der Waals surface area contributed by atoms with Crippen LogP contribution >= 0.6 is 11.6 Å². The van der Waals surface area contributed by atoms with E-state index in [1.54, 1.807) is 12.1 Å². The highest BCUT2D eigenvalue weighted by Gasteiger charge is 2.41. The summed E-state index contributed by atoms with van der Waals surface area (Å²) in [4.78, 5) is 34.6. The highest BCUT2D eigenvalue weighted by Crippen LogP contribution is 2.36. The summed E-state index contributed by atoms with van der Waals surface area (Å²) in [5, 5.41) is 4.51. The minimum Gasteiger partial charge on any atom is -0.493 e. The number of carbonyl (C=O) groups excluding carboxylic acids is 2. The lowest BCUT2D eigenvalue weighted by Crippen LogP contribution is -2.51. The smallest absolute Gasteiger partial charge is 0.227 e. The summed E-state index contributed by atoms with van der Waals surface area (Å²) < 4.78 is 11.4. The molecule has 2 amide bonds. The fourth-order valence-corrected chi connectivity index (χ4v) is 5.19. The van der Waals surface area contributed by atoms with Crippen LogP contribution in [0.1, 0.15) is 63.6 Å². The van der Waals surface area contributed by atoms with E-state index >= 15 is 0 Å².